The van der Waals surface area contributed by atoms with E-state index in [1.54, 1.807) is 6.08 Å². The van der Waals surface area contributed by atoms with Crippen LogP contribution in [-0.4, -0.2) is 46.5 Å². The molecule has 4 nitrogen and oxygen atoms in total. The number of aliphatic hydroxyl groups is 1. The number of fused-ring (bicyclic) bond motifs is 2. The van der Waals surface area contributed by atoms with Gasteiger partial charge in [-0.1, -0.05) is 6.08 Å². The van der Waals surface area contributed by atoms with Crippen molar-refractivity contribution in [3.8, 4) is 0 Å². The van der Waals surface area contributed by atoms with E-state index in [0.717, 1.165) is 30.8 Å². The van der Waals surface area contributed by atoms with Gasteiger partial charge in [0.05, 0.1) is 12.2 Å². The van der Waals surface area contributed by atoms with Crippen LogP contribution in [0.3, 0.4) is 0 Å². The highest BCUT2D eigenvalue weighted by Crippen LogP contribution is 2.44. The highest BCUT2D eigenvalue weighted by molar-refractivity contribution is 7.99. The van der Waals surface area contributed by atoms with Crippen molar-refractivity contribution in [2.75, 3.05) is 18.1 Å². The molecule has 2 rings (SSSR count). The number of aliphatic hydroxyl groups excluding tert-OH is 1. The summed E-state index contributed by atoms with van der Waals surface area (Å²) in [4.78, 5) is 10.3. The molecule has 0 amide bonds. The van der Waals surface area contributed by atoms with E-state index in [4.69, 9.17) is 9.84 Å². The molecule has 0 radical (unpaired) electrons. The Balaban J connectivity index is 1.66. The second kappa shape index (κ2) is 6.59. The van der Waals surface area contributed by atoms with E-state index in [9.17, 15) is 9.90 Å². The van der Waals surface area contributed by atoms with Gasteiger partial charge in [-0.25, -0.2) is 4.79 Å². The molecule has 2 N–H and O–H groups in total. The Hall–Kier alpha value is -0.520. The zero-order valence-corrected chi connectivity index (χ0v) is 11.1. The lowest BCUT2D eigenvalue weighted by atomic mass is 9.81. The van der Waals surface area contributed by atoms with E-state index in [1.165, 1.54) is 6.08 Å². The largest absolute Gasteiger partial charge is 0.478 e. The first-order chi connectivity index (χ1) is 8.72. The van der Waals surface area contributed by atoms with E-state index in [-0.39, 0.29) is 12.7 Å². The van der Waals surface area contributed by atoms with Crippen molar-refractivity contribution in [3.05, 3.63) is 12.2 Å². The van der Waals surface area contributed by atoms with E-state index in [0.29, 0.717) is 17.9 Å². The number of hydrogen-bond acceptors (Lipinski definition) is 4. The lowest BCUT2D eigenvalue weighted by molar-refractivity contribution is -0.131. The van der Waals surface area contributed by atoms with E-state index < -0.39 is 5.97 Å². The molecule has 0 aliphatic carbocycles. The smallest absolute Gasteiger partial charge is 0.327 e. The summed E-state index contributed by atoms with van der Waals surface area (Å²) in [5, 5.41) is 17.8. The molecule has 0 saturated carbocycles. The van der Waals surface area contributed by atoms with Crippen LogP contribution in [-0.2, 0) is 9.53 Å². The van der Waals surface area contributed by atoms with Gasteiger partial charge in [-0.05, 0) is 30.8 Å². The van der Waals surface area contributed by atoms with Crippen molar-refractivity contribution >= 4 is 17.7 Å². The second-order valence-corrected chi connectivity index (χ2v) is 6.05. The summed E-state index contributed by atoms with van der Waals surface area (Å²) < 4.78 is 5.83. The van der Waals surface area contributed by atoms with Crippen molar-refractivity contribution in [2.45, 2.75) is 31.5 Å². The third-order valence-corrected chi connectivity index (χ3v) is 4.95. The third kappa shape index (κ3) is 3.28. The average Bonchev–Trinajstić information content (AvgIpc) is 2.93. The van der Waals surface area contributed by atoms with Crippen molar-refractivity contribution in [3.63, 3.8) is 0 Å². The summed E-state index contributed by atoms with van der Waals surface area (Å²) in [6.45, 7) is 0.227. The zero-order chi connectivity index (χ0) is 13.0. The molecule has 0 aromatic heterocycles. The first kappa shape index (κ1) is 13.9. The van der Waals surface area contributed by atoms with Crippen LogP contribution in [0.25, 0.3) is 0 Å². The van der Waals surface area contributed by atoms with Gasteiger partial charge < -0.3 is 14.9 Å². The number of thioether (sulfide) groups is 1. The van der Waals surface area contributed by atoms with Gasteiger partial charge in [-0.15, -0.1) is 0 Å². The van der Waals surface area contributed by atoms with Crippen molar-refractivity contribution in [1.29, 1.82) is 0 Å². The topological polar surface area (TPSA) is 66.8 Å². The van der Waals surface area contributed by atoms with Gasteiger partial charge in [0.2, 0.25) is 0 Å². The summed E-state index contributed by atoms with van der Waals surface area (Å²) in [5.74, 6) is 1.83. The molecule has 102 valence electrons. The molecule has 2 bridgehead atoms. The SMILES string of the molecule is O=C(O)C=CCCSC[C@@H]1[C@H](CO)[C@@H]2CC[C@H]1O2. The molecule has 0 aromatic rings. The summed E-state index contributed by atoms with van der Waals surface area (Å²) in [6, 6.07) is 0. The van der Waals surface area contributed by atoms with Gasteiger partial charge in [0.15, 0.2) is 0 Å². The van der Waals surface area contributed by atoms with Crippen LogP contribution >= 0.6 is 11.8 Å². The molecule has 0 spiro atoms. The molecule has 18 heavy (non-hydrogen) atoms. The maximum atomic E-state index is 10.3. The first-order valence-electron chi connectivity index (χ1n) is 6.46. The highest BCUT2D eigenvalue weighted by Gasteiger charge is 2.47. The van der Waals surface area contributed by atoms with Gasteiger partial charge in [0, 0.05) is 24.5 Å². The number of carboxylic acid groups (broad SMARTS) is 1. The number of ether oxygens (including phenoxy) is 1. The molecule has 5 heteroatoms. The Labute approximate surface area is 111 Å². The molecule has 2 aliphatic heterocycles. The molecule has 4 atom stereocenters. The molecular weight excluding hydrogens is 252 g/mol. The predicted molar refractivity (Wildman–Crippen MR) is 70.7 cm³/mol. The lowest BCUT2D eigenvalue weighted by Crippen LogP contribution is -2.31. The monoisotopic (exact) mass is 272 g/mol. The number of carbonyl (C=O) groups is 1. The fraction of sp³-hybridized carbons (Fsp3) is 0.769. The number of carboxylic acids is 1. The minimum absolute atomic E-state index is 0.227. The zero-order valence-electron chi connectivity index (χ0n) is 10.3. The van der Waals surface area contributed by atoms with Crippen LogP contribution in [0.1, 0.15) is 19.3 Å². The third-order valence-electron chi connectivity index (χ3n) is 3.80. The molecule has 2 aliphatic rings. The van der Waals surface area contributed by atoms with Gasteiger partial charge >= 0.3 is 5.97 Å². The molecule has 2 heterocycles. The van der Waals surface area contributed by atoms with Gasteiger partial charge in [-0.2, -0.15) is 11.8 Å². The Bertz CT molecular complexity index is 318. The standard InChI is InChI=1S/C13H20O4S/c14-7-9-10(12-5-4-11(9)17-12)8-18-6-2-1-3-13(15)16/h1,3,9-12,14H,2,4-8H2,(H,15,16)/t9-,10+,11-,12+/m0/s1. The Kier molecular flexibility index (Phi) is 5.09. The van der Waals surface area contributed by atoms with Crippen LogP contribution in [0.5, 0.6) is 0 Å². The van der Waals surface area contributed by atoms with Crippen molar-refractivity contribution in [2.24, 2.45) is 11.8 Å². The second-order valence-electron chi connectivity index (χ2n) is 4.90. The fourth-order valence-corrected chi connectivity index (χ4v) is 4.11. The minimum atomic E-state index is -0.887. The predicted octanol–water partition coefficient (Wildman–Crippen LogP) is 1.54. The van der Waals surface area contributed by atoms with Gasteiger partial charge in [0.1, 0.15) is 0 Å². The summed E-state index contributed by atoms with van der Waals surface area (Å²) in [6.07, 6.45) is 6.51. The van der Waals surface area contributed by atoms with E-state index in [1.807, 2.05) is 11.8 Å². The van der Waals surface area contributed by atoms with Crippen LogP contribution in [0.2, 0.25) is 0 Å². The number of aliphatic carboxylic acids is 1. The van der Waals surface area contributed by atoms with Crippen LogP contribution in [0.15, 0.2) is 12.2 Å². The molecule has 0 aromatic carbocycles. The molecule has 2 fully saturated rings. The highest BCUT2D eigenvalue weighted by atomic mass is 32.2. The van der Waals surface area contributed by atoms with Gasteiger partial charge in [-0.3, -0.25) is 0 Å². The lowest BCUT2D eigenvalue weighted by Gasteiger charge is -2.25. The Morgan fingerprint density at radius 2 is 2.06 bits per heavy atom. The molecule has 0 unspecified atom stereocenters. The quantitative estimate of drug-likeness (QED) is 0.543. The summed E-state index contributed by atoms with van der Waals surface area (Å²) in [5.41, 5.74) is 0. The average molecular weight is 272 g/mol. The van der Waals surface area contributed by atoms with Crippen LogP contribution in [0, 0.1) is 11.8 Å². The van der Waals surface area contributed by atoms with Crippen molar-refractivity contribution in [1.82, 2.24) is 0 Å². The van der Waals surface area contributed by atoms with Crippen LogP contribution in [0.4, 0.5) is 0 Å². The summed E-state index contributed by atoms with van der Waals surface area (Å²) >= 11 is 1.83. The fourth-order valence-electron chi connectivity index (χ4n) is 2.91. The normalized spacial score (nSPS) is 34.5. The maximum absolute atomic E-state index is 10.3. The number of hydrogen-bond donors (Lipinski definition) is 2. The summed E-state index contributed by atoms with van der Waals surface area (Å²) in [7, 11) is 0. The molecular formula is C13H20O4S. The Morgan fingerprint density at radius 3 is 2.72 bits per heavy atom. The Morgan fingerprint density at radius 1 is 1.33 bits per heavy atom. The van der Waals surface area contributed by atoms with E-state index in [2.05, 4.69) is 0 Å². The van der Waals surface area contributed by atoms with Gasteiger partial charge in [0.25, 0.3) is 0 Å². The van der Waals surface area contributed by atoms with Crippen molar-refractivity contribution < 1.29 is 19.7 Å². The first-order valence-corrected chi connectivity index (χ1v) is 7.61. The minimum Gasteiger partial charge on any atom is -0.478 e. The molecule has 2 saturated heterocycles. The number of allylic oxidation sites excluding steroid dienone is 1. The maximum Gasteiger partial charge on any atom is 0.327 e. The number of rotatable bonds is 7. The van der Waals surface area contributed by atoms with Crippen LogP contribution < -0.4 is 0 Å². The van der Waals surface area contributed by atoms with E-state index >= 15 is 0 Å².